The molecule has 0 radical (unpaired) electrons. The number of carbonyl (C=O) groups is 1. The molecule has 1 atom stereocenters. The van der Waals surface area contributed by atoms with Gasteiger partial charge in [-0.2, -0.15) is 0 Å². The second kappa shape index (κ2) is 10.1. The van der Waals surface area contributed by atoms with Crippen molar-refractivity contribution in [3.05, 3.63) is 108 Å². The molecule has 1 aromatic heterocycles. The van der Waals surface area contributed by atoms with E-state index in [2.05, 4.69) is 15.5 Å². The molecule has 1 unspecified atom stereocenters. The Morgan fingerprint density at radius 3 is 2.35 bits per heavy atom. The van der Waals surface area contributed by atoms with Crippen LogP contribution in [0.4, 0.5) is 10.3 Å². The second-order valence-corrected chi connectivity index (χ2v) is 7.84. The van der Waals surface area contributed by atoms with Gasteiger partial charge in [0.25, 0.3) is 5.91 Å². The fraction of sp³-hybridized carbons (Fsp3) is 0.148. The Labute approximate surface area is 197 Å². The van der Waals surface area contributed by atoms with Crippen molar-refractivity contribution in [3.8, 4) is 11.1 Å². The van der Waals surface area contributed by atoms with E-state index in [1.54, 1.807) is 55.4 Å². The maximum Gasteiger partial charge on any atom is 0.257 e. The molecule has 1 heterocycles. The van der Waals surface area contributed by atoms with Gasteiger partial charge < -0.3 is 4.52 Å². The molecule has 0 saturated carbocycles. The molecule has 4 rings (SSSR count). The Balaban J connectivity index is 1.50. The third-order valence-electron chi connectivity index (χ3n) is 5.66. The number of nitrogens with one attached hydrogen (secondary N) is 1. The molecule has 172 valence electrons. The second-order valence-electron chi connectivity index (χ2n) is 7.84. The minimum Gasteiger partial charge on any atom is -0.338 e. The van der Waals surface area contributed by atoms with Crippen molar-refractivity contribution < 1.29 is 13.7 Å². The van der Waals surface area contributed by atoms with E-state index >= 15 is 0 Å². The number of hydrogen-bond acceptors (Lipinski definition) is 4. The lowest BCUT2D eigenvalue weighted by molar-refractivity contribution is 0.0976. The van der Waals surface area contributed by atoms with Crippen molar-refractivity contribution in [2.24, 2.45) is 4.99 Å². The number of guanidine groups is 1. The predicted octanol–water partition coefficient (Wildman–Crippen LogP) is 5.48. The molecule has 0 aliphatic carbocycles. The number of amides is 1. The van der Waals surface area contributed by atoms with Crippen molar-refractivity contribution in [3.63, 3.8) is 0 Å². The van der Waals surface area contributed by atoms with Gasteiger partial charge in [-0.1, -0.05) is 72.7 Å². The van der Waals surface area contributed by atoms with E-state index < -0.39 is 0 Å². The highest BCUT2D eigenvalue weighted by molar-refractivity contribution is 6.10. The summed E-state index contributed by atoms with van der Waals surface area (Å²) in [4.78, 5) is 18.3. The summed E-state index contributed by atoms with van der Waals surface area (Å²) in [6.45, 7) is 1.94. The third kappa shape index (κ3) is 4.88. The van der Waals surface area contributed by atoms with Gasteiger partial charge in [0.15, 0.2) is 0 Å². The summed E-state index contributed by atoms with van der Waals surface area (Å²) in [5.41, 5.74) is 3.31. The number of anilines is 1. The van der Waals surface area contributed by atoms with Crippen LogP contribution < -0.4 is 10.2 Å². The van der Waals surface area contributed by atoms with Crippen LogP contribution >= 0.6 is 0 Å². The summed E-state index contributed by atoms with van der Waals surface area (Å²) < 4.78 is 20.4. The van der Waals surface area contributed by atoms with Crippen LogP contribution in [-0.4, -0.2) is 31.1 Å². The lowest BCUT2D eigenvalue weighted by atomic mass is 9.95. The molecule has 0 spiro atoms. The average Bonchev–Trinajstić information content (AvgIpc) is 3.37. The molecule has 0 saturated heterocycles. The maximum absolute atomic E-state index is 14.9. The summed E-state index contributed by atoms with van der Waals surface area (Å²) in [5, 5.41) is 6.95. The SMILES string of the molecule is CN=C(NC(=O)c1ccccc1)N(C)c1cc(C(C)c2ccc(-c3ccccc3)c(F)c2)no1. The highest BCUT2D eigenvalue weighted by Crippen LogP contribution is 2.30. The third-order valence-corrected chi connectivity index (χ3v) is 5.66. The number of carbonyl (C=O) groups excluding carboxylic acids is 1. The minimum absolute atomic E-state index is 0.203. The smallest absolute Gasteiger partial charge is 0.257 e. The van der Waals surface area contributed by atoms with E-state index in [1.165, 1.54) is 6.07 Å². The van der Waals surface area contributed by atoms with Crippen LogP contribution in [0.2, 0.25) is 0 Å². The molecule has 0 aliphatic rings. The van der Waals surface area contributed by atoms with Crippen molar-refractivity contribution in [1.82, 2.24) is 10.5 Å². The lowest BCUT2D eigenvalue weighted by Gasteiger charge is -2.18. The standard InChI is InChI=1S/C27H25FN4O2/c1-18(21-14-15-22(23(28)16-21)19-10-6-4-7-11-19)24-17-25(34-31-24)32(3)27(29-2)30-26(33)20-12-8-5-9-13-20/h4-18H,1-3H3,(H,29,30,33). The average molecular weight is 457 g/mol. The van der Waals surface area contributed by atoms with Gasteiger partial charge >= 0.3 is 0 Å². The van der Waals surface area contributed by atoms with Gasteiger partial charge in [-0.3, -0.25) is 20.0 Å². The van der Waals surface area contributed by atoms with Crippen LogP contribution in [0.25, 0.3) is 11.1 Å². The van der Waals surface area contributed by atoms with Gasteiger partial charge in [-0.15, -0.1) is 0 Å². The molecule has 6 nitrogen and oxygen atoms in total. The molecule has 0 aliphatic heterocycles. The zero-order chi connectivity index (χ0) is 24.1. The summed E-state index contributed by atoms with van der Waals surface area (Å²) in [6.07, 6.45) is 0. The fourth-order valence-corrected chi connectivity index (χ4v) is 3.62. The van der Waals surface area contributed by atoms with Gasteiger partial charge in [-0.05, 0) is 29.3 Å². The highest BCUT2D eigenvalue weighted by Gasteiger charge is 2.20. The predicted molar refractivity (Wildman–Crippen MR) is 132 cm³/mol. The van der Waals surface area contributed by atoms with E-state index in [4.69, 9.17) is 4.52 Å². The Morgan fingerprint density at radius 1 is 1.03 bits per heavy atom. The maximum atomic E-state index is 14.9. The summed E-state index contributed by atoms with van der Waals surface area (Å²) >= 11 is 0. The van der Waals surface area contributed by atoms with Crippen LogP contribution in [0, 0.1) is 5.82 Å². The van der Waals surface area contributed by atoms with E-state index in [0.717, 1.165) is 11.1 Å². The van der Waals surface area contributed by atoms with Crippen LogP contribution in [0.5, 0.6) is 0 Å². The van der Waals surface area contributed by atoms with Crippen LogP contribution in [0.15, 0.2) is 94.4 Å². The number of aliphatic imine (C=N–C) groups is 1. The number of benzene rings is 3. The molecule has 4 aromatic rings. The van der Waals surface area contributed by atoms with Crippen LogP contribution in [0.3, 0.4) is 0 Å². The van der Waals surface area contributed by atoms with E-state index in [1.807, 2.05) is 49.4 Å². The van der Waals surface area contributed by atoms with E-state index in [9.17, 15) is 9.18 Å². The molecule has 1 N–H and O–H groups in total. The summed E-state index contributed by atoms with van der Waals surface area (Å²) in [7, 11) is 3.30. The molecule has 3 aromatic carbocycles. The number of rotatable bonds is 5. The van der Waals surface area contributed by atoms with Crippen molar-refractivity contribution in [1.29, 1.82) is 0 Å². The Hall–Kier alpha value is -4.26. The first-order valence-corrected chi connectivity index (χ1v) is 10.9. The number of aromatic nitrogens is 1. The molecule has 1 amide bonds. The molecular weight excluding hydrogens is 431 g/mol. The molecule has 7 heteroatoms. The Morgan fingerprint density at radius 2 is 1.71 bits per heavy atom. The van der Waals surface area contributed by atoms with Crippen molar-refractivity contribution >= 4 is 17.8 Å². The topological polar surface area (TPSA) is 70.7 Å². The summed E-state index contributed by atoms with van der Waals surface area (Å²) in [6, 6.07) is 25.3. The zero-order valence-corrected chi connectivity index (χ0v) is 19.2. The lowest BCUT2D eigenvalue weighted by Crippen LogP contribution is -2.42. The van der Waals surface area contributed by atoms with Gasteiger partial charge in [0.2, 0.25) is 11.8 Å². The number of halogens is 1. The fourth-order valence-electron chi connectivity index (χ4n) is 3.62. The first-order valence-electron chi connectivity index (χ1n) is 10.9. The van der Waals surface area contributed by atoms with Gasteiger partial charge in [0.05, 0.1) is 5.69 Å². The number of nitrogens with zero attached hydrogens (tertiary/aromatic N) is 3. The first kappa shape index (κ1) is 22.9. The molecule has 0 fully saturated rings. The largest absolute Gasteiger partial charge is 0.338 e. The first-order chi connectivity index (χ1) is 16.5. The summed E-state index contributed by atoms with van der Waals surface area (Å²) in [5.74, 6) is -0.0682. The van der Waals surface area contributed by atoms with Crippen LogP contribution in [0.1, 0.15) is 34.5 Å². The zero-order valence-electron chi connectivity index (χ0n) is 19.2. The van der Waals surface area contributed by atoms with E-state index in [-0.39, 0.29) is 17.6 Å². The van der Waals surface area contributed by atoms with E-state index in [0.29, 0.717) is 28.7 Å². The van der Waals surface area contributed by atoms with Crippen molar-refractivity contribution in [2.45, 2.75) is 12.8 Å². The Bertz CT molecular complexity index is 1300. The van der Waals surface area contributed by atoms with Crippen molar-refractivity contribution in [2.75, 3.05) is 19.0 Å². The molecule has 34 heavy (non-hydrogen) atoms. The van der Waals surface area contributed by atoms with Gasteiger partial charge in [0, 0.05) is 37.2 Å². The number of hydrogen-bond donors (Lipinski definition) is 1. The molecule has 0 bridgehead atoms. The Kier molecular flexibility index (Phi) is 6.82. The van der Waals surface area contributed by atoms with Gasteiger partial charge in [-0.25, -0.2) is 4.39 Å². The normalized spacial score (nSPS) is 12.3. The molecular formula is C27H25FN4O2. The van der Waals surface area contributed by atoms with Gasteiger partial charge in [0.1, 0.15) is 5.82 Å². The highest BCUT2D eigenvalue weighted by atomic mass is 19.1. The quantitative estimate of drug-likeness (QED) is 0.319. The monoisotopic (exact) mass is 456 g/mol. The van der Waals surface area contributed by atoms with Crippen LogP contribution in [-0.2, 0) is 0 Å². The minimum atomic E-state index is -0.291.